The molecule has 2 rings (SSSR count). The topological polar surface area (TPSA) is 58.6 Å². The molecule has 132 valence electrons. The highest BCUT2D eigenvalue weighted by Crippen LogP contribution is 2.22. The summed E-state index contributed by atoms with van der Waals surface area (Å²) in [4.78, 5) is 26.3. The van der Waals surface area contributed by atoms with E-state index in [2.05, 4.69) is 5.32 Å². The van der Waals surface area contributed by atoms with Gasteiger partial charge in [-0.25, -0.2) is 4.79 Å². The van der Waals surface area contributed by atoms with Gasteiger partial charge in [0.05, 0.1) is 12.4 Å². The number of rotatable bonds is 6. The third kappa shape index (κ3) is 5.53. The standard InChI is InChI=1S/C19H22N2O3S/c1-4-24-19(23)21(3)16-11-9-15(10-12-16)20-18(22)13-25-17-8-6-5-7-14(17)2/h5-12H,4,13H2,1-3H3,(H,20,22). The minimum atomic E-state index is -0.408. The van der Waals surface area contributed by atoms with Gasteiger partial charge in [-0.15, -0.1) is 11.8 Å². The number of anilines is 2. The number of thioether (sulfide) groups is 1. The Morgan fingerprint density at radius 3 is 2.44 bits per heavy atom. The SMILES string of the molecule is CCOC(=O)N(C)c1ccc(NC(=O)CSc2ccccc2C)cc1. The average Bonchev–Trinajstić information content (AvgIpc) is 2.61. The first kappa shape index (κ1) is 18.9. The van der Waals surface area contributed by atoms with Gasteiger partial charge in [-0.05, 0) is 49.7 Å². The number of carbonyl (C=O) groups is 2. The molecule has 5 nitrogen and oxygen atoms in total. The van der Waals surface area contributed by atoms with E-state index in [9.17, 15) is 9.59 Å². The van der Waals surface area contributed by atoms with Crippen molar-refractivity contribution in [3.05, 3.63) is 54.1 Å². The van der Waals surface area contributed by atoms with Gasteiger partial charge >= 0.3 is 6.09 Å². The predicted octanol–water partition coefficient (Wildman–Crippen LogP) is 4.32. The van der Waals surface area contributed by atoms with Crippen molar-refractivity contribution in [1.82, 2.24) is 0 Å². The maximum Gasteiger partial charge on any atom is 0.413 e. The summed E-state index contributed by atoms with van der Waals surface area (Å²) < 4.78 is 4.95. The number of amides is 2. The molecule has 2 aromatic carbocycles. The molecule has 2 aromatic rings. The Balaban J connectivity index is 1.89. The van der Waals surface area contributed by atoms with Gasteiger partial charge in [0, 0.05) is 23.3 Å². The van der Waals surface area contributed by atoms with Crippen LogP contribution in [0.1, 0.15) is 12.5 Å². The van der Waals surface area contributed by atoms with E-state index >= 15 is 0 Å². The fourth-order valence-corrected chi connectivity index (χ4v) is 2.98. The normalized spacial score (nSPS) is 10.2. The summed E-state index contributed by atoms with van der Waals surface area (Å²) in [5.41, 5.74) is 2.55. The molecule has 2 amide bonds. The van der Waals surface area contributed by atoms with Crippen LogP contribution in [0.3, 0.4) is 0 Å². The molecule has 0 atom stereocenters. The van der Waals surface area contributed by atoms with Crippen molar-refractivity contribution >= 4 is 35.1 Å². The van der Waals surface area contributed by atoms with Gasteiger partial charge in [-0.2, -0.15) is 0 Å². The first-order valence-electron chi connectivity index (χ1n) is 8.00. The van der Waals surface area contributed by atoms with Crippen LogP contribution in [0, 0.1) is 6.92 Å². The third-order valence-corrected chi connectivity index (χ3v) is 4.71. The first-order valence-corrected chi connectivity index (χ1v) is 8.98. The van der Waals surface area contributed by atoms with Crippen LogP contribution in [0.5, 0.6) is 0 Å². The van der Waals surface area contributed by atoms with E-state index in [-0.39, 0.29) is 5.91 Å². The second-order valence-corrected chi connectivity index (χ2v) is 6.42. The van der Waals surface area contributed by atoms with E-state index in [1.165, 1.54) is 16.7 Å². The van der Waals surface area contributed by atoms with Crippen molar-refractivity contribution in [1.29, 1.82) is 0 Å². The maximum absolute atomic E-state index is 12.1. The molecule has 0 radical (unpaired) electrons. The molecule has 0 aliphatic heterocycles. The Morgan fingerprint density at radius 1 is 1.12 bits per heavy atom. The zero-order valence-corrected chi connectivity index (χ0v) is 15.4. The van der Waals surface area contributed by atoms with Crippen molar-refractivity contribution in [3.63, 3.8) is 0 Å². The van der Waals surface area contributed by atoms with Crippen molar-refractivity contribution in [2.45, 2.75) is 18.7 Å². The lowest BCUT2D eigenvalue weighted by atomic mass is 10.2. The molecule has 0 fully saturated rings. The first-order chi connectivity index (χ1) is 12.0. The van der Waals surface area contributed by atoms with E-state index in [0.29, 0.717) is 23.7 Å². The summed E-state index contributed by atoms with van der Waals surface area (Å²) in [7, 11) is 1.64. The summed E-state index contributed by atoms with van der Waals surface area (Å²) in [5.74, 6) is 0.273. The molecular formula is C19H22N2O3S. The summed E-state index contributed by atoms with van der Waals surface area (Å²) in [6.45, 7) is 4.12. The molecule has 1 N–H and O–H groups in total. The molecule has 0 aliphatic rings. The number of hydrogen-bond donors (Lipinski definition) is 1. The molecule has 6 heteroatoms. The zero-order chi connectivity index (χ0) is 18.2. The molecule has 0 saturated heterocycles. The fraction of sp³-hybridized carbons (Fsp3) is 0.263. The summed E-state index contributed by atoms with van der Waals surface area (Å²) in [6.07, 6.45) is -0.408. The Bertz CT molecular complexity index is 732. The highest BCUT2D eigenvalue weighted by molar-refractivity contribution is 8.00. The number of nitrogens with zero attached hydrogens (tertiary/aromatic N) is 1. The van der Waals surface area contributed by atoms with E-state index in [4.69, 9.17) is 4.74 Å². The summed E-state index contributed by atoms with van der Waals surface area (Å²) in [5, 5.41) is 2.86. The van der Waals surface area contributed by atoms with Crippen LogP contribution in [0.15, 0.2) is 53.4 Å². The highest BCUT2D eigenvalue weighted by Gasteiger charge is 2.11. The number of benzene rings is 2. The number of ether oxygens (including phenoxy) is 1. The van der Waals surface area contributed by atoms with E-state index in [1.807, 2.05) is 31.2 Å². The zero-order valence-electron chi connectivity index (χ0n) is 14.6. The predicted molar refractivity (Wildman–Crippen MR) is 102 cm³/mol. The Morgan fingerprint density at radius 2 is 1.80 bits per heavy atom. The van der Waals surface area contributed by atoms with Crippen LogP contribution < -0.4 is 10.2 Å². The Labute approximate surface area is 152 Å². The summed E-state index contributed by atoms with van der Waals surface area (Å²) >= 11 is 1.51. The van der Waals surface area contributed by atoms with Gasteiger partial charge in [-0.1, -0.05) is 18.2 Å². The molecule has 0 aromatic heterocycles. The molecule has 0 saturated carbocycles. The molecular weight excluding hydrogens is 336 g/mol. The largest absolute Gasteiger partial charge is 0.449 e. The van der Waals surface area contributed by atoms with Crippen LogP contribution >= 0.6 is 11.8 Å². The van der Waals surface area contributed by atoms with Gasteiger partial charge in [-0.3, -0.25) is 9.69 Å². The number of hydrogen-bond acceptors (Lipinski definition) is 4. The second-order valence-electron chi connectivity index (χ2n) is 5.41. The lowest BCUT2D eigenvalue weighted by Gasteiger charge is -2.17. The minimum absolute atomic E-state index is 0.0697. The van der Waals surface area contributed by atoms with E-state index in [1.54, 1.807) is 38.2 Å². The van der Waals surface area contributed by atoms with Crippen molar-refractivity contribution in [3.8, 4) is 0 Å². The second kappa shape index (κ2) is 9.13. The highest BCUT2D eigenvalue weighted by atomic mass is 32.2. The number of carbonyl (C=O) groups excluding carboxylic acids is 2. The van der Waals surface area contributed by atoms with Crippen LogP contribution in [0.25, 0.3) is 0 Å². The Kier molecular flexibility index (Phi) is 6.89. The van der Waals surface area contributed by atoms with E-state index in [0.717, 1.165) is 10.5 Å². The molecule has 0 bridgehead atoms. The smallest absolute Gasteiger partial charge is 0.413 e. The lowest BCUT2D eigenvalue weighted by molar-refractivity contribution is -0.113. The van der Waals surface area contributed by atoms with Crippen LogP contribution in [-0.4, -0.2) is 31.4 Å². The third-order valence-electron chi connectivity index (χ3n) is 3.53. The van der Waals surface area contributed by atoms with Gasteiger partial charge in [0.25, 0.3) is 0 Å². The van der Waals surface area contributed by atoms with Crippen molar-refractivity contribution in [2.24, 2.45) is 0 Å². The quantitative estimate of drug-likeness (QED) is 0.782. The lowest BCUT2D eigenvalue weighted by Crippen LogP contribution is -2.26. The average molecular weight is 358 g/mol. The van der Waals surface area contributed by atoms with Crippen LogP contribution in [-0.2, 0) is 9.53 Å². The van der Waals surface area contributed by atoms with Crippen LogP contribution in [0.4, 0.5) is 16.2 Å². The fourth-order valence-electron chi connectivity index (χ4n) is 2.15. The van der Waals surface area contributed by atoms with Crippen molar-refractivity contribution < 1.29 is 14.3 Å². The summed E-state index contributed by atoms with van der Waals surface area (Å²) in [6, 6.07) is 15.0. The van der Waals surface area contributed by atoms with Gasteiger partial charge in [0.2, 0.25) is 5.91 Å². The molecule has 0 unspecified atom stereocenters. The van der Waals surface area contributed by atoms with Gasteiger partial charge in [0.1, 0.15) is 0 Å². The monoisotopic (exact) mass is 358 g/mol. The van der Waals surface area contributed by atoms with Gasteiger partial charge in [0.15, 0.2) is 0 Å². The maximum atomic E-state index is 12.1. The van der Waals surface area contributed by atoms with Crippen LogP contribution in [0.2, 0.25) is 0 Å². The van der Waals surface area contributed by atoms with E-state index < -0.39 is 6.09 Å². The molecule has 0 aliphatic carbocycles. The molecule has 25 heavy (non-hydrogen) atoms. The minimum Gasteiger partial charge on any atom is -0.449 e. The Hall–Kier alpha value is -2.47. The number of nitrogens with one attached hydrogen (secondary N) is 1. The van der Waals surface area contributed by atoms with Gasteiger partial charge < -0.3 is 10.1 Å². The number of aryl methyl sites for hydroxylation is 1. The van der Waals surface area contributed by atoms with Crippen molar-refractivity contribution in [2.75, 3.05) is 29.6 Å². The molecule has 0 spiro atoms. The molecule has 0 heterocycles.